The number of fused-ring (bicyclic) bond motifs is 2. The Bertz CT molecular complexity index is 760. The topological polar surface area (TPSA) is 68.8 Å². The summed E-state index contributed by atoms with van der Waals surface area (Å²) in [7, 11) is 0. The minimum Gasteiger partial charge on any atom is -0.493 e. The molecule has 0 aliphatic carbocycles. The van der Waals surface area contributed by atoms with Crippen molar-refractivity contribution in [2.45, 2.75) is 6.42 Å². The van der Waals surface area contributed by atoms with Crippen LogP contribution in [0, 0.1) is 0 Å². The van der Waals surface area contributed by atoms with Gasteiger partial charge in [0.25, 0.3) is 0 Å². The summed E-state index contributed by atoms with van der Waals surface area (Å²) in [5.41, 5.74) is 2.50. The van der Waals surface area contributed by atoms with Crippen molar-refractivity contribution in [2.75, 3.05) is 30.5 Å². The Labute approximate surface area is 133 Å². The van der Waals surface area contributed by atoms with Gasteiger partial charge < -0.3 is 24.8 Å². The number of rotatable bonds is 2. The average molecular weight is 312 g/mol. The Morgan fingerprint density at radius 2 is 1.43 bits per heavy atom. The molecular formula is C17H16N2O4. The molecule has 2 aliphatic heterocycles. The van der Waals surface area contributed by atoms with E-state index in [1.165, 1.54) is 0 Å². The molecule has 4 rings (SSSR count). The van der Waals surface area contributed by atoms with Crippen LogP contribution in [0.3, 0.4) is 0 Å². The molecule has 2 N–H and O–H groups in total. The lowest BCUT2D eigenvalue weighted by molar-refractivity contribution is 0.171. The molecule has 0 unspecified atom stereocenters. The first-order valence-corrected chi connectivity index (χ1v) is 7.51. The van der Waals surface area contributed by atoms with Crippen molar-refractivity contribution in [3.05, 3.63) is 42.0 Å². The maximum absolute atomic E-state index is 12.1. The number of urea groups is 1. The Morgan fingerprint density at radius 3 is 2.26 bits per heavy atom. The highest BCUT2D eigenvalue weighted by molar-refractivity contribution is 6.00. The monoisotopic (exact) mass is 312 g/mol. The van der Waals surface area contributed by atoms with Crippen molar-refractivity contribution in [1.29, 1.82) is 0 Å². The van der Waals surface area contributed by atoms with E-state index < -0.39 is 0 Å². The molecule has 2 aromatic carbocycles. The van der Waals surface area contributed by atoms with E-state index in [0.29, 0.717) is 37.0 Å². The van der Waals surface area contributed by atoms with Gasteiger partial charge in [-0.05, 0) is 35.9 Å². The standard InChI is InChI=1S/C17H16N2O4/c20-17(18-12-1-3-14-11(9-12)5-6-21-14)19-13-2-4-15-16(10-13)23-8-7-22-15/h1-4,9-10H,5-8H2,(H2,18,19,20). The van der Waals surface area contributed by atoms with Crippen molar-refractivity contribution >= 4 is 17.4 Å². The largest absolute Gasteiger partial charge is 0.493 e. The van der Waals surface area contributed by atoms with E-state index in [9.17, 15) is 4.79 Å². The van der Waals surface area contributed by atoms with Gasteiger partial charge in [-0.2, -0.15) is 0 Å². The maximum Gasteiger partial charge on any atom is 0.323 e. The summed E-state index contributed by atoms with van der Waals surface area (Å²) < 4.78 is 16.4. The molecule has 2 aliphatic rings. The lowest BCUT2D eigenvalue weighted by Crippen LogP contribution is -2.20. The Hall–Kier alpha value is -2.89. The minimum absolute atomic E-state index is 0.305. The second kappa shape index (κ2) is 5.72. The number of carbonyl (C=O) groups is 1. The molecule has 0 saturated heterocycles. The van der Waals surface area contributed by atoms with Crippen LogP contribution >= 0.6 is 0 Å². The first kappa shape index (κ1) is 13.8. The third kappa shape index (κ3) is 2.88. The van der Waals surface area contributed by atoms with E-state index in [-0.39, 0.29) is 6.03 Å². The molecule has 0 aromatic heterocycles. The molecule has 118 valence electrons. The number of nitrogens with one attached hydrogen (secondary N) is 2. The van der Waals surface area contributed by atoms with Gasteiger partial charge in [0, 0.05) is 23.9 Å². The van der Waals surface area contributed by atoms with Crippen LogP contribution in [-0.2, 0) is 6.42 Å². The quantitative estimate of drug-likeness (QED) is 0.894. The molecule has 0 radical (unpaired) electrons. The van der Waals surface area contributed by atoms with Gasteiger partial charge >= 0.3 is 6.03 Å². The van der Waals surface area contributed by atoms with Gasteiger partial charge in [0.05, 0.1) is 6.61 Å². The molecular weight excluding hydrogens is 296 g/mol. The Morgan fingerprint density at radius 1 is 0.783 bits per heavy atom. The van der Waals surface area contributed by atoms with Crippen molar-refractivity contribution in [1.82, 2.24) is 0 Å². The first-order chi connectivity index (χ1) is 11.3. The predicted octanol–water partition coefficient (Wildman–Crippen LogP) is 3.04. The summed E-state index contributed by atoms with van der Waals surface area (Å²) in [4.78, 5) is 12.1. The normalized spacial score (nSPS) is 14.6. The SMILES string of the molecule is O=C(Nc1ccc2c(c1)CCO2)Nc1ccc2c(c1)OCCO2. The summed E-state index contributed by atoms with van der Waals surface area (Å²) in [6.45, 7) is 1.75. The molecule has 2 aromatic rings. The van der Waals surface area contributed by atoms with E-state index in [1.807, 2.05) is 18.2 Å². The number of benzene rings is 2. The molecule has 2 amide bonds. The lowest BCUT2D eigenvalue weighted by Gasteiger charge is -2.19. The zero-order chi connectivity index (χ0) is 15.6. The van der Waals surface area contributed by atoms with Gasteiger partial charge in [-0.15, -0.1) is 0 Å². The fourth-order valence-corrected chi connectivity index (χ4v) is 2.68. The number of carbonyl (C=O) groups excluding carboxylic acids is 1. The van der Waals surface area contributed by atoms with E-state index in [1.54, 1.807) is 18.2 Å². The van der Waals surface area contributed by atoms with Crippen LogP contribution in [0.1, 0.15) is 5.56 Å². The first-order valence-electron chi connectivity index (χ1n) is 7.51. The van der Waals surface area contributed by atoms with Crippen LogP contribution in [0.2, 0.25) is 0 Å². The zero-order valence-corrected chi connectivity index (χ0v) is 12.4. The highest BCUT2D eigenvalue weighted by atomic mass is 16.6. The van der Waals surface area contributed by atoms with Crippen LogP contribution < -0.4 is 24.8 Å². The summed E-state index contributed by atoms with van der Waals surface area (Å²) in [5, 5.41) is 5.61. The molecule has 6 heteroatoms. The van der Waals surface area contributed by atoms with Gasteiger partial charge in [0.1, 0.15) is 19.0 Å². The minimum atomic E-state index is -0.305. The van der Waals surface area contributed by atoms with Gasteiger partial charge in [-0.3, -0.25) is 0 Å². The number of ether oxygens (including phenoxy) is 3. The number of amides is 2. The molecule has 0 atom stereocenters. The molecule has 2 heterocycles. The maximum atomic E-state index is 12.1. The summed E-state index contributed by atoms with van der Waals surface area (Å²) in [6, 6.07) is 10.7. The van der Waals surface area contributed by atoms with Crippen LogP contribution in [-0.4, -0.2) is 25.9 Å². The van der Waals surface area contributed by atoms with Gasteiger partial charge in [0.15, 0.2) is 11.5 Å². The molecule has 23 heavy (non-hydrogen) atoms. The van der Waals surface area contributed by atoms with Crippen LogP contribution in [0.15, 0.2) is 36.4 Å². The van der Waals surface area contributed by atoms with Gasteiger partial charge in [-0.1, -0.05) is 0 Å². The van der Waals surface area contributed by atoms with Crippen molar-refractivity contribution in [3.8, 4) is 17.2 Å². The number of hydrogen-bond donors (Lipinski definition) is 2. The highest BCUT2D eigenvalue weighted by Gasteiger charge is 2.14. The summed E-state index contributed by atoms with van der Waals surface area (Å²) in [5.74, 6) is 2.23. The lowest BCUT2D eigenvalue weighted by atomic mass is 10.1. The summed E-state index contributed by atoms with van der Waals surface area (Å²) in [6.07, 6.45) is 0.870. The predicted molar refractivity (Wildman–Crippen MR) is 85.7 cm³/mol. The van der Waals surface area contributed by atoms with E-state index in [4.69, 9.17) is 14.2 Å². The van der Waals surface area contributed by atoms with Crippen LogP contribution in [0.5, 0.6) is 17.2 Å². The molecule has 6 nitrogen and oxygen atoms in total. The summed E-state index contributed by atoms with van der Waals surface area (Å²) >= 11 is 0. The second-order valence-corrected chi connectivity index (χ2v) is 5.36. The van der Waals surface area contributed by atoms with E-state index in [0.717, 1.165) is 23.4 Å². The fourth-order valence-electron chi connectivity index (χ4n) is 2.68. The molecule has 0 saturated carbocycles. The Balaban J connectivity index is 1.44. The third-order valence-electron chi connectivity index (χ3n) is 3.75. The second-order valence-electron chi connectivity index (χ2n) is 5.36. The van der Waals surface area contributed by atoms with Crippen LogP contribution in [0.4, 0.5) is 16.2 Å². The molecule has 0 bridgehead atoms. The molecule has 0 spiro atoms. The fraction of sp³-hybridized carbons (Fsp3) is 0.235. The number of hydrogen-bond acceptors (Lipinski definition) is 4. The highest BCUT2D eigenvalue weighted by Crippen LogP contribution is 2.32. The Kier molecular flexibility index (Phi) is 3.42. The third-order valence-corrected chi connectivity index (χ3v) is 3.75. The van der Waals surface area contributed by atoms with Crippen molar-refractivity contribution in [3.63, 3.8) is 0 Å². The van der Waals surface area contributed by atoms with Gasteiger partial charge in [-0.25, -0.2) is 4.79 Å². The molecule has 0 fully saturated rings. The van der Waals surface area contributed by atoms with Gasteiger partial charge in [0.2, 0.25) is 0 Å². The van der Waals surface area contributed by atoms with Crippen molar-refractivity contribution < 1.29 is 19.0 Å². The zero-order valence-electron chi connectivity index (χ0n) is 12.4. The average Bonchev–Trinajstić information content (AvgIpc) is 3.02. The van der Waals surface area contributed by atoms with E-state index >= 15 is 0 Å². The smallest absolute Gasteiger partial charge is 0.323 e. The van der Waals surface area contributed by atoms with E-state index in [2.05, 4.69) is 10.6 Å². The van der Waals surface area contributed by atoms with Crippen molar-refractivity contribution in [2.24, 2.45) is 0 Å². The number of anilines is 2. The van der Waals surface area contributed by atoms with Crippen LogP contribution in [0.25, 0.3) is 0 Å².